The Hall–Kier alpha value is -1.71. The number of rotatable bonds is 3. The molecule has 1 amide bonds. The van der Waals surface area contributed by atoms with Crippen LogP contribution in [-0.4, -0.2) is 73.5 Å². The average Bonchev–Trinajstić information content (AvgIpc) is 3.29. The highest BCUT2D eigenvalue weighted by molar-refractivity contribution is 7.88. The Morgan fingerprint density at radius 3 is 2.59 bits per heavy atom. The highest BCUT2D eigenvalue weighted by Gasteiger charge is 2.39. The van der Waals surface area contributed by atoms with Gasteiger partial charge in [-0.1, -0.05) is 23.5 Å². The van der Waals surface area contributed by atoms with Gasteiger partial charge >= 0.3 is 0 Å². The smallest absolute Gasteiger partial charge is 0.241 e. The number of amides is 1. The van der Waals surface area contributed by atoms with E-state index in [2.05, 4.69) is 24.0 Å². The Kier molecular flexibility index (Phi) is 4.85. The second kappa shape index (κ2) is 7.03. The Balaban J connectivity index is 1.44. The van der Waals surface area contributed by atoms with Gasteiger partial charge in [0, 0.05) is 32.7 Å². The maximum absolute atomic E-state index is 12.9. The molecule has 4 rings (SSSR count). The van der Waals surface area contributed by atoms with Crippen LogP contribution in [0.5, 0.6) is 0 Å². The van der Waals surface area contributed by atoms with E-state index in [1.165, 1.54) is 20.8 Å². The SMILES string of the molecule is Cc1cccc2sc(N3CCN(C(=O)C4CCCN4S(C)(=O)=O)CC3)nc12. The fraction of sp³-hybridized carbons (Fsp3) is 0.556. The lowest BCUT2D eigenvalue weighted by molar-refractivity contribution is -0.134. The summed E-state index contributed by atoms with van der Waals surface area (Å²) in [6.07, 6.45) is 2.55. The zero-order valence-corrected chi connectivity index (χ0v) is 17.2. The van der Waals surface area contributed by atoms with Gasteiger partial charge in [-0.2, -0.15) is 4.31 Å². The number of anilines is 1. The molecule has 0 spiro atoms. The summed E-state index contributed by atoms with van der Waals surface area (Å²) in [4.78, 5) is 21.7. The quantitative estimate of drug-likeness (QED) is 0.773. The average molecular weight is 409 g/mol. The minimum atomic E-state index is -3.34. The van der Waals surface area contributed by atoms with E-state index in [0.717, 1.165) is 30.2 Å². The lowest BCUT2D eigenvalue weighted by atomic mass is 10.2. The molecule has 2 aromatic rings. The summed E-state index contributed by atoms with van der Waals surface area (Å²) in [5.41, 5.74) is 2.22. The minimum Gasteiger partial charge on any atom is -0.345 e. The second-order valence-corrected chi connectivity index (χ2v) is 10.2. The fourth-order valence-electron chi connectivity index (χ4n) is 3.92. The number of sulfonamides is 1. The Labute approximate surface area is 163 Å². The monoisotopic (exact) mass is 408 g/mol. The van der Waals surface area contributed by atoms with Crippen LogP contribution in [-0.2, 0) is 14.8 Å². The zero-order valence-electron chi connectivity index (χ0n) is 15.6. The number of hydrogen-bond acceptors (Lipinski definition) is 6. The highest BCUT2D eigenvalue weighted by Crippen LogP contribution is 2.31. The number of carbonyl (C=O) groups excluding carboxylic acids is 1. The number of para-hydroxylation sites is 1. The van der Waals surface area contributed by atoms with Crippen LogP contribution < -0.4 is 4.90 Å². The summed E-state index contributed by atoms with van der Waals surface area (Å²) in [7, 11) is -3.34. The maximum Gasteiger partial charge on any atom is 0.241 e. The van der Waals surface area contributed by atoms with Gasteiger partial charge in [0.1, 0.15) is 6.04 Å². The van der Waals surface area contributed by atoms with Gasteiger partial charge in [-0.15, -0.1) is 0 Å². The molecule has 1 unspecified atom stereocenters. The Bertz CT molecular complexity index is 964. The van der Waals surface area contributed by atoms with Gasteiger partial charge in [0.25, 0.3) is 0 Å². The molecule has 2 aliphatic rings. The van der Waals surface area contributed by atoms with Crippen LogP contribution >= 0.6 is 11.3 Å². The Morgan fingerprint density at radius 2 is 1.93 bits per heavy atom. The molecule has 1 aromatic carbocycles. The largest absolute Gasteiger partial charge is 0.345 e. The Morgan fingerprint density at radius 1 is 1.19 bits per heavy atom. The second-order valence-electron chi connectivity index (χ2n) is 7.26. The third-order valence-electron chi connectivity index (χ3n) is 5.39. The molecule has 9 heteroatoms. The van der Waals surface area contributed by atoms with Gasteiger partial charge in [-0.25, -0.2) is 13.4 Å². The van der Waals surface area contributed by atoms with Crippen LogP contribution in [0.2, 0.25) is 0 Å². The number of aromatic nitrogens is 1. The maximum atomic E-state index is 12.9. The van der Waals surface area contributed by atoms with Crippen molar-refractivity contribution in [2.24, 2.45) is 0 Å². The first-order valence-electron chi connectivity index (χ1n) is 9.21. The number of thiazole rings is 1. The molecule has 2 fully saturated rings. The number of aryl methyl sites for hydroxylation is 1. The summed E-state index contributed by atoms with van der Waals surface area (Å²) in [5, 5.41) is 0.991. The molecule has 7 nitrogen and oxygen atoms in total. The van der Waals surface area contributed by atoms with Crippen molar-refractivity contribution < 1.29 is 13.2 Å². The van der Waals surface area contributed by atoms with Gasteiger partial charge in [-0.3, -0.25) is 4.79 Å². The normalized spacial score (nSPS) is 21.9. The molecule has 0 saturated carbocycles. The molecule has 0 radical (unpaired) electrons. The molecular weight excluding hydrogens is 384 g/mol. The third-order valence-corrected chi connectivity index (χ3v) is 7.76. The van der Waals surface area contributed by atoms with E-state index in [-0.39, 0.29) is 5.91 Å². The van der Waals surface area contributed by atoms with E-state index in [1.54, 1.807) is 11.3 Å². The standard InChI is InChI=1S/C18H24N4O3S2/c1-13-5-3-7-15-16(13)19-18(26-15)21-11-9-20(10-12-21)17(23)14-6-4-8-22(14)27(2,24)25/h3,5,7,14H,4,6,8-12H2,1-2H3. The number of benzene rings is 1. The van der Waals surface area contributed by atoms with Gasteiger partial charge in [-0.05, 0) is 31.4 Å². The van der Waals surface area contributed by atoms with Crippen LogP contribution in [0, 0.1) is 6.92 Å². The first-order chi connectivity index (χ1) is 12.8. The van der Waals surface area contributed by atoms with Crippen molar-refractivity contribution in [2.75, 3.05) is 43.9 Å². The molecule has 1 aromatic heterocycles. The van der Waals surface area contributed by atoms with Crippen LogP contribution in [0.4, 0.5) is 5.13 Å². The van der Waals surface area contributed by atoms with E-state index < -0.39 is 16.1 Å². The number of piperazine rings is 1. The van der Waals surface area contributed by atoms with Gasteiger partial charge in [0.2, 0.25) is 15.9 Å². The highest BCUT2D eigenvalue weighted by atomic mass is 32.2. The van der Waals surface area contributed by atoms with Crippen molar-refractivity contribution in [3.63, 3.8) is 0 Å². The van der Waals surface area contributed by atoms with Crippen molar-refractivity contribution in [1.82, 2.24) is 14.2 Å². The van der Waals surface area contributed by atoms with Gasteiger partial charge < -0.3 is 9.80 Å². The summed E-state index contributed by atoms with van der Waals surface area (Å²) < 4.78 is 26.4. The molecule has 27 heavy (non-hydrogen) atoms. The van der Waals surface area contributed by atoms with Gasteiger partial charge in [0.05, 0.1) is 16.5 Å². The van der Waals surface area contributed by atoms with E-state index in [1.807, 2.05) is 11.0 Å². The summed E-state index contributed by atoms with van der Waals surface area (Å²) >= 11 is 1.68. The zero-order chi connectivity index (χ0) is 19.2. The summed E-state index contributed by atoms with van der Waals surface area (Å²) in [6, 6.07) is 5.67. The molecule has 2 aliphatic heterocycles. The van der Waals surface area contributed by atoms with E-state index in [4.69, 9.17) is 4.98 Å². The first kappa shape index (κ1) is 18.6. The number of hydrogen-bond donors (Lipinski definition) is 0. The lowest BCUT2D eigenvalue weighted by Gasteiger charge is -2.36. The van der Waals surface area contributed by atoms with Crippen LogP contribution in [0.3, 0.4) is 0 Å². The predicted octanol–water partition coefficient (Wildman–Crippen LogP) is 1.68. The summed E-state index contributed by atoms with van der Waals surface area (Å²) in [6.45, 7) is 5.15. The number of carbonyl (C=O) groups is 1. The van der Waals surface area contributed by atoms with Crippen LogP contribution in [0.25, 0.3) is 10.2 Å². The van der Waals surface area contributed by atoms with Crippen molar-refractivity contribution in [2.45, 2.75) is 25.8 Å². The van der Waals surface area contributed by atoms with Crippen molar-refractivity contribution in [3.05, 3.63) is 23.8 Å². The molecule has 1 atom stereocenters. The molecule has 0 aliphatic carbocycles. The predicted molar refractivity (Wildman–Crippen MR) is 108 cm³/mol. The van der Waals surface area contributed by atoms with E-state index in [0.29, 0.717) is 26.1 Å². The minimum absolute atomic E-state index is 0.0577. The molecule has 0 N–H and O–H groups in total. The number of nitrogens with zero attached hydrogens (tertiary/aromatic N) is 4. The molecule has 0 bridgehead atoms. The topological polar surface area (TPSA) is 73.8 Å². The van der Waals surface area contributed by atoms with E-state index >= 15 is 0 Å². The number of fused-ring (bicyclic) bond motifs is 1. The van der Waals surface area contributed by atoms with Crippen molar-refractivity contribution >= 4 is 42.6 Å². The molecular formula is C18H24N4O3S2. The van der Waals surface area contributed by atoms with Crippen LogP contribution in [0.1, 0.15) is 18.4 Å². The fourth-order valence-corrected chi connectivity index (χ4v) is 6.14. The third kappa shape index (κ3) is 3.55. The lowest BCUT2D eigenvalue weighted by Crippen LogP contribution is -2.54. The molecule has 146 valence electrons. The molecule has 2 saturated heterocycles. The summed E-state index contributed by atoms with van der Waals surface area (Å²) in [5.74, 6) is -0.0577. The van der Waals surface area contributed by atoms with Crippen LogP contribution in [0.15, 0.2) is 18.2 Å². The first-order valence-corrected chi connectivity index (χ1v) is 11.9. The van der Waals surface area contributed by atoms with Gasteiger partial charge in [0.15, 0.2) is 5.13 Å². The van der Waals surface area contributed by atoms with E-state index in [9.17, 15) is 13.2 Å². The van der Waals surface area contributed by atoms with Crippen molar-refractivity contribution in [3.8, 4) is 0 Å². The van der Waals surface area contributed by atoms with Crippen molar-refractivity contribution in [1.29, 1.82) is 0 Å². The molecule has 3 heterocycles.